The Labute approximate surface area is 202 Å². The number of phenols is 1. The fourth-order valence-corrected chi connectivity index (χ4v) is 3.18. The monoisotopic (exact) mass is 494 g/mol. The Morgan fingerprint density at radius 3 is 1.97 bits per heavy atom. The average molecular weight is 495 g/mol. The molecule has 3 unspecified atom stereocenters. The van der Waals surface area contributed by atoms with Crippen molar-refractivity contribution in [1.82, 2.24) is 16.0 Å². The fraction of sp³-hybridized carbons (Fsp3) is 0.500. The first-order valence-electron chi connectivity index (χ1n) is 11.2. The summed E-state index contributed by atoms with van der Waals surface area (Å²) in [6, 6.07) is 2.41. The van der Waals surface area contributed by atoms with E-state index in [4.69, 9.17) is 17.2 Å². The maximum absolute atomic E-state index is 13.0. The zero-order valence-corrected chi connectivity index (χ0v) is 19.4. The highest BCUT2D eigenvalue weighted by atomic mass is 16.4. The maximum Gasteiger partial charge on any atom is 0.326 e. The summed E-state index contributed by atoms with van der Waals surface area (Å²) in [5.41, 5.74) is 16.6. The van der Waals surface area contributed by atoms with Gasteiger partial charge in [0.05, 0.1) is 6.54 Å². The molecule has 1 aromatic rings. The third-order valence-corrected chi connectivity index (χ3v) is 5.09. The van der Waals surface area contributed by atoms with E-state index in [2.05, 4.69) is 16.0 Å². The summed E-state index contributed by atoms with van der Waals surface area (Å²) < 4.78 is 0. The lowest BCUT2D eigenvalue weighted by Gasteiger charge is -2.24. The molecule has 0 spiro atoms. The molecule has 0 saturated carbocycles. The highest BCUT2D eigenvalue weighted by Gasteiger charge is 2.29. The van der Waals surface area contributed by atoms with Crippen LogP contribution in [0.4, 0.5) is 0 Å². The number of primary amides is 1. The van der Waals surface area contributed by atoms with Gasteiger partial charge in [-0.1, -0.05) is 12.1 Å². The number of carbonyl (C=O) groups excluding carboxylic acids is 4. The molecule has 1 rings (SSSR count). The number of aromatic hydroxyl groups is 1. The van der Waals surface area contributed by atoms with Crippen LogP contribution in [0.1, 0.15) is 37.7 Å². The molecule has 0 saturated heterocycles. The van der Waals surface area contributed by atoms with Crippen LogP contribution < -0.4 is 33.2 Å². The summed E-state index contributed by atoms with van der Waals surface area (Å²) in [5.74, 6) is -4.08. The van der Waals surface area contributed by atoms with Crippen molar-refractivity contribution < 1.29 is 34.2 Å². The SMILES string of the molecule is NCCCCC(NC(=O)C(Cc1ccc(O)cc1)NC(=O)CN)C(=O)NC(CCC(N)=O)C(=O)O. The van der Waals surface area contributed by atoms with E-state index in [1.165, 1.54) is 12.1 Å². The zero-order chi connectivity index (χ0) is 26.4. The normalized spacial score (nSPS) is 13.2. The van der Waals surface area contributed by atoms with Crippen LogP contribution in [-0.4, -0.2) is 71.0 Å². The van der Waals surface area contributed by atoms with Crippen molar-refractivity contribution in [2.45, 2.75) is 56.7 Å². The van der Waals surface area contributed by atoms with E-state index in [0.29, 0.717) is 24.9 Å². The van der Waals surface area contributed by atoms with Gasteiger partial charge in [0.15, 0.2) is 0 Å². The molecule has 0 aromatic heterocycles. The minimum absolute atomic E-state index is 0.0294. The molecule has 194 valence electrons. The van der Waals surface area contributed by atoms with Crippen LogP contribution in [0.2, 0.25) is 0 Å². The number of hydrogen-bond acceptors (Lipinski definition) is 8. The van der Waals surface area contributed by atoms with Gasteiger partial charge in [0, 0.05) is 12.8 Å². The van der Waals surface area contributed by atoms with E-state index in [9.17, 15) is 34.2 Å². The number of nitrogens with two attached hydrogens (primary N) is 3. The molecule has 13 nitrogen and oxygen atoms in total. The van der Waals surface area contributed by atoms with Crippen LogP contribution in [0.15, 0.2) is 24.3 Å². The van der Waals surface area contributed by atoms with E-state index in [-0.39, 0.29) is 38.0 Å². The van der Waals surface area contributed by atoms with Gasteiger partial charge in [-0.15, -0.1) is 0 Å². The molecule has 11 N–H and O–H groups in total. The van der Waals surface area contributed by atoms with Crippen molar-refractivity contribution in [2.75, 3.05) is 13.1 Å². The topological polar surface area (TPSA) is 240 Å². The van der Waals surface area contributed by atoms with Gasteiger partial charge < -0.3 is 43.4 Å². The number of nitrogens with one attached hydrogen (secondary N) is 3. The third kappa shape index (κ3) is 11.3. The van der Waals surface area contributed by atoms with Crippen molar-refractivity contribution >= 4 is 29.6 Å². The third-order valence-electron chi connectivity index (χ3n) is 5.09. The molecule has 0 bridgehead atoms. The Hall–Kier alpha value is -3.71. The minimum atomic E-state index is -1.38. The largest absolute Gasteiger partial charge is 0.508 e. The van der Waals surface area contributed by atoms with E-state index in [1.807, 2.05) is 0 Å². The second-order valence-corrected chi connectivity index (χ2v) is 7.94. The number of unbranched alkanes of at least 4 members (excludes halogenated alkanes) is 1. The van der Waals surface area contributed by atoms with Crippen LogP contribution in [0.25, 0.3) is 0 Å². The lowest BCUT2D eigenvalue weighted by molar-refractivity contribution is -0.142. The molecule has 0 radical (unpaired) electrons. The predicted octanol–water partition coefficient (Wildman–Crippen LogP) is -2.17. The lowest BCUT2D eigenvalue weighted by Crippen LogP contribution is -2.56. The first-order chi connectivity index (χ1) is 16.6. The Kier molecular flexibility index (Phi) is 12.8. The van der Waals surface area contributed by atoms with Crippen molar-refractivity contribution in [1.29, 1.82) is 0 Å². The first-order valence-corrected chi connectivity index (χ1v) is 11.2. The molecule has 3 atom stereocenters. The molecular formula is C22H34N6O7. The van der Waals surface area contributed by atoms with Gasteiger partial charge in [-0.05, 0) is 49.9 Å². The molecule has 4 amide bonds. The molecule has 0 aliphatic rings. The number of phenolic OH excluding ortho intramolecular Hbond substituents is 1. The second kappa shape index (κ2) is 15.2. The zero-order valence-electron chi connectivity index (χ0n) is 19.4. The number of carboxylic acid groups (broad SMARTS) is 1. The number of amides is 4. The Balaban J connectivity index is 3.02. The van der Waals surface area contributed by atoms with Crippen molar-refractivity contribution in [3.63, 3.8) is 0 Å². The highest BCUT2D eigenvalue weighted by Crippen LogP contribution is 2.12. The number of benzene rings is 1. The van der Waals surface area contributed by atoms with Crippen molar-refractivity contribution in [3.05, 3.63) is 29.8 Å². The van der Waals surface area contributed by atoms with Crippen LogP contribution in [0.5, 0.6) is 5.75 Å². The minimum Gasteiger partial charge on any atom is -0.508 e. The molecule has 0 aliphatic heterocycles. The number of rotatable bonds is 16. The summed E-state index contributed by atoms with van der Waals surface area (Å²) in [6.45, 7) is -0.00535. The number of hydrogen-bond donors (Lipinski definition) is 8. The standard InChI is InChI=1S/C22H34N6O7/c23-10-2-1-3-15(20(32)28-16(22(34)35)8-9-18(25)30)27-21(33)17(26-19(31)12-24)11-13-4-6-14(29)7-5-13/h4-7,15-17,29H,1-3,8-12,23-24H2,(H2,25,30)(H,26,31)(H,27,33)(H,28,32)(H,34,35). The Morgan fingerprint density at radius 1 is 0.829 bits per heavy atom. The molecule has 13 heteroatoms. The molecule has 0 fully saturated rings. The first kappa shape index (κ1) is 29.3. The molecule has 0 heterocycles. The number of aliphatic carboxylic acids is 1. The quantitative estimate of drug-likeness (QED) is 0.116. The smallest absolute Gasteiger partial charge is 0.326 e. The van der Waals surface area contributed by atoms with Gasteiger partial charge >= 0.3 is 5.97 Å². The lowest BCUT2D eigenvalue weighted by atomic mass is 10.0. The molecule has 1 aromatic carbocycles. The van der Waals surface area contributed by atoms with E-state index < -0.39 is 47.7 Å². The van der Waals surface area contributed by atoms with E-state index in [0.717, 1.165) is 0 Å². The number of carboxylic acids is 1. The summed E-state index contributed by atoms with van der Waals surface area (Å²) in [5, 5.41) is 26.2. The van der Waals surface area contributed by atoms with Gasteiger partial charge in [0.25, 0.3) is 0 Å². The Morgan fingerprint density at radius 2 is 1.43 bits per heavy atom. The maximum atomic E-state index is 13.0. The van der Waals surface area contributed by atoms with Crippen LogP contribution in [0.3, 0.4) is 0 Å². The fourth-order valence-electron chi connectivity index (χ4n) is 3.18. The van der Waals surface area contributed by atoms with Crippen LogP contribution >= 0.6 is 0 Å². The van der Waals surface area contributed by atoms with Crippen LogP contribution in [0, 0.1) is 0 Å². The summed E-state index contributed by atoms with van der Waals surface area (Å²) >= 11 is 0. The van der Waals surface area contributed by atoms with Crippen molar-refractivity contribution in [2.24, 2.45) is 17.2 Å². The predicted molar refractivity (Wildman–Crippen MR) is 126 cm³/mol. The van der Waals surface area contributed by atoms with Crippen LogP contribution in [-0.2, 0) is 30.4 Å². The Bertz CT molecular complexity index is 878. The van der Waals surface area contributed by atoms with Gasteiger partial charge in [0.2, 0.25) is 23.6 Å². The summed E-state index contributed by atoms with van der Waals surface area (Å²) in [4.78, 5) is 60.3. The molecule has 0 aliphatic carbocycles. The van der Waals surface area contributed by atoms with E-state index in [1.54, 1.807) is 12.1 Å². The average Bonchev–Trinajstić information content (AvgIpc) is 2.81. The second-order valence-electron chi connectivity index (χ2n) is 7.94. The summed E-state index contributed by atoms with van der Waals surface area (Å²) in [6.07, 6.45) is 0.770. The van der Waals surface area contributed by atoms with Gasteiger partial charge in [0.1, 0.15) is 23.9 Å². The van der Waals surface area contributed by atoms with Crippen molar-refractivity contribution in [3.8, 4) is 5.75 Å². The van der Waals surface area contributed by atoms with Gasteiger partial charge in [-0.2, -0.15) is 0 Å². The molecule has 35 heavy (non-hydrogen) atoms. The van der Waals surface area contributed by atoms with E-state index >= 15 is 0 Å². The van der Waals surface area contributed by atoms with Gasteiger partial charge in [-0.25, -0.2) is 4.79 Å². The highest BCUT2D eigenvalue weighted by molar-refractivity contribution is 5.93. The van der Waals surface area contributed by atoms with Gasteiger partial charge in [-0.3, -0.25) is 19.2 Å². The number of carbonyl (C=O) groups is 5. The molecular weight excluding hydrogens is 460 g/mol. The summed E-state index contributed by atoms with van der Waals surface area (Å²) in [7, 11) is 0.